The van der Waals surface area contributed by atoms with Crippen LogP contribution in [0.2, 0.25) is 10.0 Å². The van der Waals surface area contributed by atoms with Crippen LogP contribution in [0.1, 0.15) is 73.6 Å². The molecule has 6 aromatic carbocycles. The molecule has 690 valence electrons. The van der Waals surface area contributed by atoms with Gasteiger partial charge in [-0.15, -0.1) is 0 Å². The molecule has 7 heterocycles. The number of rotatable bonds is 18. The Morgan fingerprint density at radius 3 is 1.16 bits per heavy atom. The third-order valence-corrected chi connectivity index (χ3v) is 21.8. The van der Waals surface area contributed by atoms with Crippen LogP contribution in [0.15, 0.2) is 245 Å². The number of halogens is 3. The van der Waals surface area contributed by atoms with Gasteiger partial charge in [0.25, 0.3) is 70.9 Å². The lowest BCUT2D eigenvalue weighted by atomic mass is 10.0. The minimum absolute atomic E-state index is 0.00761. The zero-order chi connectivity index (χ0) is 98.5. The number of thiocarbonyl (C=S) groups is 4. The van der Waals surface area contributed by atoms with Crippen molar-refractivity contribution in [2.45, 2.75) is 34.6 Å². The number of fused-ring (bicyclic) bond motifs is 1. The van der Waals surface area contributed by atoms with Gasteiger partial charge in [0.2, 0.25) is 0 Å². The first kappa shape index (κ1) is 104. The second-order valence-corrected chi connectivity index (χ2v) is 31.3. The quantitative estimate of drug-likeness (QED) is 0.0409. The van der Waals surface area contributed by atoms with Gasteiger partial charge in [-0.2, -0.15) is 5.26 Å². The van der Waals surface area contributed by atoms with Crippen molar-refractivity contribution < 1.29 is 81.0 Å². The molecule has 0 unspecified atom stereocenters. The number of ether oxygens (including phenoxy) is 2. The van der Waals surface area contributed by atoms with Crippen LogP contribution >= 0.6 is 72.1 Å². The highest BCUT2D eigenvalue weighted by Crippen LogP contribution is 2.31. The normalized spacial score (nSPS) is 16.2. The van der Waals surface area contributed by atoms with E-state index in [1.54, 1.807) is 142 Å². The largest absolute Gasteiger partial charge is 0.497 e. The Balaban J connectivity index is 0.000000198. The molecule has 0 bridgehead atoms. The van der Waals surface area contributed by atoms with Gasteiger partial charge in [-0.25, -0.2) is 14.0 Å². The summed E-state index contributed by atoms with van der Waals surface area (Å²) in [6.45, 7) is 11.4. The minimum atomic E-state index is -0.650. The summed E-state index contributed by atoms with van der Waals surface area (Å²) in [5.74, 6) is -4.70. The molecule has 134 heavy (non-hydrogen) atoms. The van der Waals surface area contributed by atoms with E-state index in [1.165, 1.54) is 95.2 Å². The summed E-state index contributed by atoms with van der Waals surface area (Å²) in [5, 5.41) is 17.7. The molecule has 6 saturated heterocycles. The number of anilines is 1. The highest BCUT2D eigenvalue weighted by Gasteiger charge is 2.42. The lowest BCUT2D eigenvalue weighted by Gasteiger charge is -2.35. The fourth-order valence-electron chi connectivity index (χ4n) is 12.5. The van der Waals surface area contributed by atoms with Crippen LogP contribution in [0, 0.1) is 17.1 Å². The van der Waals surface area contributed by atoms with Crippen LogP contribution in [0.4, 0.5) is 19.7 Å². The van der Waals surface area contributed by atoms with Crippen molar-refractivity contribution in [1.29, 1.82) is 5.26 Å². The number of imide groups is 4. The lowest BCUT2D eigenvalue weighted by Crippen LogP contribution is -2.55. The number of allylic oxidation sites excluding steroid dienone is 10. The van der Waals surface area contributed by atoms with E-state index in [4.69, 9.17) is 86.8 Å². The van der Waals surface area contributed by atoms with Gasteiger partial charge in [0, 0.05) is 96.3 Å². The highest BCUT2D eigenvalue weighted by molar-refractivity contribution is 7.81. The Morgan fingerprint density at radius 2 is 0.769 bits per heavy atom. The predicted octanol–water partition coefficient (Wildman–Crippen LogP) is 12.8. The number of hydrogen-bond acceptors (Lipinski definition) is 22. The van der Waals surface area contributed by atoms with Gasteiger partial charge in [-0.3, -0.25) is 118 Å². The molecule has 13 rings (SSSR count). The molecule has 0 aromatic heterocycles. The third kappa shape index (κ3) is 27.1. The number of carbonyl (C=O) groups excluding carboxylic acids is 14. The molecule has 37 heteroatoms. The number of carbonyl (C=O) groups is 14. The second kappa shape index (κ2) is 49.3. The highest BCUT2D eigenvalue weighted by atomic mass is 35.5. The van der Waals surface area contributed by atoms with Gasteiger partial charge in [-0.1, -0.05) is 145 Å². The second-order valence-electron chi connectivity index (χ2n) is 28.9. The average Bonchev–Trinajstić information content (AvgIpc) is 0.789. The number of hydrogen-bond donors (Lipinski definition) is 3. The van der Waals surface area contributed by atoms with Crippen molar-refractivity contribution in [2.75, 3.05) is 93.6 Å². The molecule has 16 amide bonds. The number of nitrogens with one attached hydrogen (secondary N) is 3. The molecule has 3 N–H and O–H groups in total. The molecule has 0 atom stereocenters. The summed E-state index contributed by atoms with van der Waals surface area (Å²) in [6.07, 6.45) is 27.6. The Kier molecular flexibility index (Phi) is 38.3. The number of nitrogens with zero attached hydrogens (tertiary/aromatic N) is 11. The summed E-state index contributed by atoms with van der Waals surface area (Å²) in [7, 11) is 10.9. The standard InChI is InChI=1S/C18H20N2O3S.C17H17ClN2O2S.C17H19N3O3.C16H13ClN2O4.C15H13FN2O2S.C14H9N3O2S/c1-4-19-16(21)15(17(22)20(5-2)18(19)24)8-6-7-13-9-11-14(23-3)12-10-13;1-3-19-15(21)14(16(22)20(4-2)17(19)23)7-5-6-12-8-10-13(18)11-9-12;1-18(2)13-10-8-12(9-11-13)6-5-7-14-15(21)19(3)17(23)20(4)16(14)22;1-18-14(20)12(15(21)19(2)16(18)22)6-9-5-10-7-11(17)3-4-13(10)23-8-9;1-2-18-14(20)12(13(19)17-15(18)21)5-3-4-10-6-8-11(16)9-7-10;15-8-10-6-4-9(5-7-10)2-1-3-11-12(18)16-14(20)17-13(11)19/h6-12H,4-5H2,1-3H3;5-11H,3-4H2,1-2H3;5-11H,1-4H3;3-7H,8H2,1-2H3;3-9H,2H2,1H3,(H,17,19,21);1-7H,(H2,16,17,18,19,20)/b7-6+;2*6-5+;;4-3+,12-5+;2-1+. The maximum absolute atomic E-state index is 12.8. The monoisotopic (exact) mass is 1920 g/mol. The molecule has 7 aliphatic heterocycles. The average molecular weight is 1930 g/mol. The molecular weight excluding hydrogens is 1840 g/mol. The number of amides is 16. The number of barbiturate groups is 2. The molecule has 0 spiro atoms. The molecule has 0 saturated carbocycles. The molecule has 0 radical (unpaired) electrons. The fourth-order valence-corrected chi connectivity index (χ4v) is 14.2. The maximum Gasteiger partial charge on any atom is 0.333 e. The van der Waals surface area contributed by atoms with Crippen molar-refractivity contribution in [2.24, 2.45) is 0 Å². The molecule has 30 nitrogen and oxygen atoms in total. The lowest BCUT2D eigenvalue weighted by molar-refractivity contribution is -0.136. The van der Waals surface area contributed by atoms with Crippen LogP contribution in [0.5, 0.6) is 11.5 Å². The van der Waals surface area contributed by atoms with E-state index in [0.29, 0.717) is 59.7 Å². The van der Waals surface area contributed by atoms with Crippen molar-refractivity contribution in [3.05, 3.63) is 300 Å². The smallest absolute Gasteiger partial charge is 0.333 e. The predicted molar refractivity (Wildman–Crippen MR) is 525 cm³/mol. The molecular formula is C97H91Cl2FN14O16S4. The van der Waals surface area contributed by atoms with Crippen LogP contribution in [-0.2, 0) is 57.5 Å². The van der Waals surface area contributed by atoms with Crippen molar-refractivity contribution in [1.82, 2.24) is 60.0 Å². The van der Waals surface area contributed by atoms with Gasteiger partial charge in [0.15, 0.2) is 20.4 Å². The topological polar surface area (TPSA) is 350 Å². The van der Waals surface area contributed by atoms with Gasteiger partial charge in [-0.05, 0) is 238 Å². The van der Waals surface area contributed by atoms with Gasteiger partial charge >= 0.3 is 12.1 Å². The number of nitriles is 1. The fraction of sp³-hybridized carbons (Fsp3) is 0.186. The van der Waals surface area contributed by atoms with E-state index >= 15 is 0 Å². The van der Waals surface area contributed by atoms with Crippen LogP contribution < -0.4 is 30.3 Å². The SMILES string of the molecule is CCN1C(=O)/C(=C/C=C/c2ccc(F)cc2)C(=O)NC1=S.CCN1C(=O)C(=C/C=C/c2ccc(Cl)cc2)C(=O)N(CC)C1=S.CCN1C(=O)C(=C/C=C/c2ccc(OC)cc2)C(=O)N(CC)C1=S.CN1C(=O)C(=C/C=C/c2ccc(N(C)C)cc2)C(=O)N(C)C1=O.CN1C(=O)C(=CC2=Cc3cc(Cl)ccc3OC2)C(=O)N(C)C1=O.N#Cc1ccc(/C=C/C=C2C(=O)NC(=S)NC2=O)cc1. The van der Waals surface area contributed by atoms with Crippen molar-refractivity contribution in [3.8, 4) is 17.6 Å². The zero-order valence-electron chi connectivity index (χ0n) is 74.6. The number of benzene rings is 6. The van der Waals surface area contributed by atoms with Crippen LogP contribution in [-0.4, -0.2) is 236 Å². The number of likely N-dealkylation sites (N-methyl/N-ethyl adjacent to an activating group) is 9. The number of methoxy groups -OCH3 is 1. The first-order valence-electron chi connectivity index (χ1n) is 40.9. The molecule has 6 fully saturated rings. The van der Waals surface area contributed by atoms with Crippen molar-refractivity contribution in [3.63, 3.8) is 0 Å². The van der Waals surface area contributed by atoms with Crippen molar-refractivity contribution >= 4 is 218 Å². The zero-order valence-corrected chi connectivity index (χ0v) is 79.3. The van der Waals surface area contributed by atoms with E-state index in [0.717, 1.165) is 64.4 Å². The van der Waals surface area contributed by atoms with Gasteiger partial charge in [0.1, 0.15) is 57.4 Å². The van der Waals surface area contributed by atoms with Crippen LogP contribution in [0.25, 0.3) is 36.5 Å². The Morgan fingerprint density at radius 1 is 0.433 bits per heavy atom. The van der Waals surface area contributed by atoms with E-state index < -0.39 is 59.3 Å². The minimum Gasteiger partial charge on any atom is -0.497 e. The molecule has 0 aliphatic carbocycles. The first-order chi connectivity index (χ1) is 63.8. The van der Waals surface area contributed by atoms with Gasteiger partial charge in [0.05, 0.1) is 18.7 Å². The van der Waals surface area contributed by atoms with E-state index in [-0.39, 0.29) is 89.9 Å². The molecule has 7 aliphatic rings. The summed E-state index contributed by atoms with van der Waals surface area (Å²) in [4.78, 5) is 181. The Bertz CT molecular complexity index is 6020. The van der Waals surface area contributed by atoms with E-state index in [9.17, 15) is 71.5 Å². The summed E-state index contributed by atoms with van der Waals surface area (Å²) >= 11 is 31.8. The first-order valence-corrected chi connectivity index (χ1v) is 43.3. The summed E-state index contributed by atoms with van der Waals surface area (Å²) < 4.78 is 23.5. The Labute approximate surface area is 804 Å². The van der Waals surface area contributed by atoms with Gasteiger partial charge < -0.3 is 14.4 Å². The Hall–Kier alpha value is -15.1. The summed E-state index contributed by atoms with van der Waals surface area (Å²) in [6, 6.07) is 41.3. The third-order valence-electron chi connectivity index (χ3n) is 19.9. The van der Waals surface area contributed by atoms with E-state index in [1.807, 2.05) is 126 Å². The number of urea groups is 2. The van der Waals surface area contributed by atoms with E-state index in [2.05, 4.69) is 16.0 Å². The molecule has 6 aromatic rings. The summed E-state index contributed by atoms with van der Waals surface area (Å²) in [5.41, 5.74) is 7.64. The maximum atomic E-state index is 12.8. The van der Waals surface area contributed by atoms with Crippen LogP contribution in [0.3, 0.4) is 0 Å².